The molecule has 0 radical (unpaired) electrons. The maximum absolute atomic E-state index is 12.7. The predicted molar refractivity (Wildman–Crippen MR) is 118 cm³/mol. The summed E-state index contributed by atoms with van der Waals surface area (Å²) < 4.78 is 2.07. The van der Waals surface area contributed by atoms with Crippen LogP contribution in [0.15, 0.2) is 54.1 Å². The van der Waals surface area contributed by atoms with Gasteiger partial charge in [-0.1, -0.05) is 29.8 Å². The van der Waals surface area contributed by atoms with Crippen LogP contribution in [0.1, 0.15) is 28.1 Å². The Kier molecular flexibility index (Phi) is 5.91. The topological polar surface area (TPSA) is 57.8 Å². The van der Waals surface area contributed by atoms with Crippen molar-refractivity contribution in [1.29, 1.82) is 5.26 Å². The lowest BCUT2D eigenvalue weighted by molar-refractivity contribution is -0.112. The Balaban J connectivity index is 1.96. The zero-order valence-electron chi connectivity index (χ0n) is 16.9. The van der Waals surface area contributed by atoms with Crippen LogP contribution in [0.4, 0.5) is 5.69 Å². The fraction of sp³-hybridized carbons (Fsp3) is 0.167. The minimum Gasteiger partial charge on any atom is -0.321 e. The van der Waals surface area contributed by atoms with Gasteiger partial charge in [-0.3, -0.25) is 4.79 Å². The van der Waals surface area contributed by atoms with E-state index >= 15 is 0 Å². The summed E-state index contributed by atoms with van der Waals surface area (Å²) in [6.07, 6.45) is 1.64. The molecule has 0 unspecified atom stereocenters. The van der Waals surface area contributed by atoms with Gasteiger partial charge in [0.15, 0.2) is 0 Å². The SMILES string of the molecule is Cc1cccc(C)c1NC(=O)C(C#N)=Cc1cc(C)n(-c2ccc(Cl)cc2)c1C. The average Bonchev–Trinajstić information content (AvgIpc) is 2.96. The van der Waals surface area contributed by atoms with Crippen LogP contribution in [-0.4, -0.2) is 10.5 Å². The van der Waals surface area contributed by atoms with Gasteiger partial charge in [-0.25, -0.2) is 0 Å². The lowest BCUT2D eigenvalue weighted by Gasteiger charge is -2.11. The molecule has 5 heteroatoms. The van der Waals surface area contributed by atoms with Crippen molar-refractivity contribution in [2.75, 3.05) is 5.32 Å². The van der Waals surface area contributed by atoms with Gasteiger partial charge < -0.3 is 9.88 Å². The Morgan fingerprint density at radius 2 is 1.69 bits per heavy atom. The van der Waals surface area contributed by atoms with Crippen molar-refractivity contribution in [3.8, 4) is 11.8 Å². The van der Waals surface area contributed by atoms with E-state index in [0.717, 1.165) is 39.5 Å². The fourth-order valence-corrected chi connectivity index (χ4v) is 3.54. The summed E-state index contributed by atoms with van der Waals surface area (Å²) in [5.41, 5.74) is 6.46. The van der Waals surface area contributed by atoms with E-state index in [4.69, 9.17) is 11.6 Å². The third-order valence-corrected chi connectivity index (χ3v) is 5.19. The predicted octanol–water partition coefficient (Wildman–Crippen LogP) is 5.91. The number of aromatic nitrogens is 1. The van der Waals surface area contributed by atoms with Crippen LogP contribution < -0.4 is 5.32 Å². The van der Waals surface area contributed by atoms with Gasteiger partial charge in [0.2, 0.25) is 0 Å². The number of amides is 1. The third kappa shape index (κ3) is 4.26. The zero-order valence-corrected chi connectivity index (χ0v) is 17.6. The molecule has 0 saturated carbocycles. The first-order valence-corrected chi connectivity index (χ1v) is 9.64. The number of nitrogens with one attached hydrogen (secondary N) is 1. The van der Waals surface area contributed by atoms with Crippen LogP contribution in [0, 0.1) is 39.0 Å². The molecule has 0 saturated heterocycles. The summed E-state index contributed by atoms with van der Waals surface area (Å²) in [4.78, 5) is 12.7. The molecule has 0 atom stereocenters. The van der Waals surface area contributed by atoms with E-state index in [9.17, 15) is 10.1 Å². The highest BCUT2D eigenvalue weighted by atomic mass is 35.5. The first-order chi connectivity index (χ1) is 13.8. The minimum atomic E-state index is -0.416. The summed E-state index contributed by atoms with van der Waals surface area (Å²) in [6, 6.07) is 17.3. The number of aryl methyl sites for hydroxylation is 3. The number of halogens is 1. The lowest BCUT2D eigenvalue weighted by Crippen LogP contribution is -2.15. The molecule has 0 aliphatic heterocycles. The first-order valence-electron chi connectivity index (χ1n) is 9.26. The summed E-state index contributed by atoms with van der Waals surface area (Å²) in [6.45, 7) is 7.81. The molecule has 1 heterocycles. The number of carbonyl (C=O) groups excluding carboxylic acids is 1. The molecule has 1 N–H and O–H groups in total. The van der Waals surface area contributed by atoms with Gasteiger partial charge in [0, 0.05) is 27.8 Å². The second-order valence-corrected chi connectivity index (χ2v) is 7.47. The van der Waals surface area contributed by atoms with Crippen molar-refractivity contribution in [3.63, 3.8) is 0 Å². The summed E-state index contributed by atoms with van der Waals surface area (Å²) in [7, 11) is 0. The van der Waals surface area contributed by atoms with Gasteiger partial charge in [0.1, 0.15) is 11.6 Å². The Labute approximate surface area is 176 Å². The number of rotatable bonds is 4. The first kappa shape index (κ1) is 20.4. The summed E-state index contributed by atoms with van der Waals surface area (Å²) >= 11 is 6.00. The molecule has 4 nitrogen and oxygen atoms in total. The number of benzene rings is 2. The second kappa shape index (κ2) is 8.38. The number of carbonyl (C=O) groups is 1. The van der Waals surface area contributed by atoms with E-state index in [1.807, 2.05) is 82.3 Å². The van der Waals surface area contributed by atoms with Crippen molar-refractivity contribution in [3.05, 3.63) is 87.2 Å². The molecule has 0 spiro atoms. The highest BCUT2D eigenvalue weighted by molar-refractivity contribution is 6.30. The molecule has 3 rings (SSSR count). The smallest absolute Gasteiger partial charge is 0.266 e. The molecule has 0 aliphatic rings. The number of hydrogen-bond donors (Lipinski definition) is 1. The number of nitrogens with zero attached hydrogens (tertiary/aromatic N) is 2. The van der Waals surface area contributed by atoms with Crippen LogP contribution in [0.2, 0.25) is 5.02 Å². The maximum Gasteiger partial charge on any atom is 0.266 e. The molecule has 0 bridgehead atoms. The fourth-order valence-electron chi connectivity index (χ4n) is 3.42. The molecular weight excluding hydrogens is 382 g/mol. The van der Waals surface area contributed by atoms with Crippen LogP contribution in [0.3, 0.4) is 0 Å². The highest BCUT2D eigenvalue weighted by Crippen LogP contribution is 2.25. The van der Waals surface area contributed by atoms with Crippen molar-refractivity contribution in [2.45, 2.75) is 27.7 Å². The number of para-hydroxylation sites is 1. The van der Waals surface area contributed by atoms with E-state index in [0.29, 0.717) is 5.02 Å². The van der Waals surface area contributed by atoms with Crippen LogP contribution in [-0.2, 0) is 4.79 Å². The normalized spacial score (nSPS) is 11.2. The van der Waals surface area contributed by atoms with E-state index in [-0.39, 0.29) is 5.57 Å². The van der Waals surface area contributed by atoms with Crippen LogP contribution in [0.25, 0.3) is 11.8 Å². The van der Waals surface area contributed by atoms with E-state index in [2.05, 4.69) is 9.88 Å². The van der Waals surface area contributed by atoms with Crippen molar-refractivity contribution in [1.82, 2.24) is 4.57 Å². The molecule has 1 aromatic heterocycles. The molecule has 2 aromatic carbocycles. The zero-order chi connectivity index (χ0) is 21.1. The lowest BCUT2D eigenvalue weighted by atomic mass is 10.1. The van der Waals surface area contributed by atoms with Crippen molar-refractivity contribution < 1.29 is 4.79 Å². The van der Waals surface area contributed by atoms with Crippen LogP contribution >= 0.6 is 11.6 Å². The van der Waals surface area contributed by atoms with Gasteiger partial charge in [-0.05, 0) is 80.8 Å². The van der Waals surface area contributed by atoms with Crippen molar-refractivity contribution in [2.24, 2.45) is 0 Å². The highest BCUT2D eigenvalue weighted by Gasteiger charge is 2.15. The van der Waals surface area contributed by atoms with E-state index in [1.165, 1.54) is 0 Å². The van der Waals surface area contributed by atoms with Crippen LogP contribution in [0.5, 0.6) is 0 Å². The summed E-state index contributed by atoms with van der Waals surface area (Å²) in [5.74, 6) is -0.416. The van der Waals surface area contributed by atoms with Gasteiger partial charge in [0.25, 0.3) is 5.91 Å². The Bertz CT molecular complexity index is 1130. The van der Waals surface area contributed by atoms with Gasteiger partial charge in [0.05, 0.1) is 0 Å². The van der Waals surface area contributed by atoms with E-state index < -0.39 is 5.91 Å². The average molecular weight is 404 g/mol. The minimum absolute atomic E-state index is 0.0593. The monoisotopic (exact) mass is 403 g/mol. The van der Waals surface area contributed by atoms with E-state index in [1.54, 1.807) is 6.08 Å². The standard InChI is InChI=1S/C24H22ClN3O/c1-15-6-5-7-16(2)23(15)27-24(29)20(14-26)13-19-12-17(3)28(18(19)4)22-10-8-21(25)9-11-22/h5-13H,1-4H3,(H,27,29). The molecular formula is C24H22ClN3O. The Morgan fingerprint density at radius 3 is 2.28 bits per heavy atom. The molecule has 0 fully saturated rings. The van der Waals surface area contributed by atoms with Crippen molar-refractivity contribution >= 4 is 29.3 Å². The second-order valence-electron chi connectivity index (χ2n) is 7.03. The molecule has 1 amide bonds. The maximum atomic E-state index is 12.7. The number of hydrogen-bond acceptors (Lipinski definition) is 2. The largest absolute Gasteiger partial charge is 0.321 e. The quantitative estimate of drug-likeness (QED) is 0.434. The number of nitriles is 1. The van der Waals surface area contributed by atoms with Gasteiger partial charge in [-0.2, -0.15) is 5.26 Å². The molecule has 146 valence electrons. The number of anilines is 1. The van der Waals surface area contributed by atoms with Gasteiger partial charge >= 0.3 is 0 Å². The Hall–Kier alpha value is -3.29. The Morgan fingerprint density at radius 1 is 1.07 bits per heavy atom. The molecule has 0 aliphatic carbocycles. The van der Waals surface area contributed by atoms with Gasteiger partial charge in [-0.15, -0.1) is 0 Å². The molecule has 3 aromatic rings. The third-order valence-electron chi connectivity index (χ3n) is 4.94. The summed E-state index contributed by atoms with van der Waals surface area (Å²) in [5, 5.41) is 13.1. The molecule has 29 heavy (non-hydrogen) atoms.